The largest absolute Gasteiger partial charge is 0.324 e. The molecule has 0 bridgehead atoms. The second-order valence-electron chi connectivity index (χ2n) is 6.59. The molecule has 3 heterocycles. The predicted octanol–water partition coefficient (Wildman–Crippen LogP) is 4.60. The number of ketones is 1. The highest BCUT2D eigenvalue weighted by molar-refractivity contribution is 7.10. The summed E-state index contributed by atoms with van der Waals surface area (Å²) in [5.74, 6) is -0.146. The van der Waals surface area contributed by atoms with Crippen LogP contribution < -0.4 is 5.32 Å². The van der Waals surface area contributed by atoms with Crippen molar-refractivity contribution >= 4 is 40.1 Å². The Morgan fingerprint density at radius 3 is 2.74 bits per heavy atom. The molecule has 0 aliphatic carbocycles. The number of carbonyl (C=O) groups excluding carboxylic acids is 2. The molecular formula is C21H20N2O2S2. The molecule has 0 saturated carbocycles. The number of thiophene rings is 2. The maximum absolute atomic E-state index is 12.8. The van der Waals surface area contributed by atoms with Crippen molar-refractivity contribution in [2.24, 2.45) is 0 Å². The van der Waals surface area contributed by atoms with Gasteiger partial charge in [0.25, 0.3) is 0 Å². The molecule has 0 unspecified atom stereocenters. The third-order valence-corrected chi connectivity index (χ3v) is 6.73. The van der Waals surface area contributed by atoms with Gasteiger partial charge in [-0.3, -0.25) is 14.5 Å². The third-order valence-electron chi connectivity index (χ3n) is 4.81. The van der Waals surface area contributed by atoms with E-state index in [1.165, 1.54) is 22.2 Å². The first-order valence-corrected chi connectivity index (χ1v) is 10.6. The Hall–Kier alpha value is -2.28. The molecule has 1 amide bonds. The van der Waals surface area contributed by atoms with Crippen LogP contribution in [0.5, 0.6) is 0 Å². The lowest BCUT2D eigenvalue weighted by molar-refractivity contribution is -0.117. The monoisotopic (exact) mass is 396 g/mol. The second kappa shape index (κ2) is 7.76. The van der Waals surface area contributed by atoms with E-state index in [1.807, 2.05) is 12.1 Å². The molecule has 4 rings (SSSR count). The fraction of sp³-hybridized carbons (Fsp3) is 0.238. The van der Waals surface area contributed by atoms with Gasteiger partial charge in [0.2, 0.25) is 5.91 Å². The summed E-state index contributed by atoms with van der Waals surface area (Å²) < 4.78 is 0. The Kier molecular flexibility index (Phi) is 5.20. The van der Waals surface area contributed by atoms with Crippen LogP contribution >= 0.6 is 22.7 Å². The Morgan fingerprint density at radius 2 is 1.96 bits per heavy atom. The van der Waals surface area contributed by atoms with Crippen LogP contribution in [0.15, 0.2) is 53.2 Å². The topological polar surface area (TPSA) is 49.4 Å². The van der Waals surface area contributed by atoms with E-state index in [2.05, 4.69) is 39.2 Å². The van der Waals surface area contributed by atoms with Crippen LogP contribution in [-0.4, -0.2) is 29.7 Å². The van der Waals surface area contributed by atoms with Crippen LogP contribution in [0.1, 0.15) is 38.6 Å². The van der Waals surface area contributed by atoms with Gasteiger partial charge in [-0.2, -0.15) is 0 Å². The minimum absolute atomic E-state index is 0.0525. The highest BCUT2D eigenvalue weighted by Gasteiger charge is 2.31. The molecule has 6 heteroatoms. The van der Waals surface area contributed by atoms with Gasteiger partial charge in [-0.05, 0) is 53.9 Å². The average molecular weight is 397 g/mol. The summed E-state index contributed by atoms with van der Waals surface area (Å²) in [6, 6.07) is 13.6. The van der Waals surface area contributed by atoms with E-state index >= 15 is 0 Å². The van der Waals surface area contributed by atoms with Crippen LogP contribution in [0, 0.1) is 0 Å². The molecule has 0 radical (unpaired) electrons. The molecular weight excluding hydrogens is 376 g/mol. The number of rotatable bonds is 5. The van der Waals surface area contributed by atoms with Gasteiger partial charge in [0.05, 0.1) is 18.3 Å². The number of amides is 1. The summed E-state index contributed by atoms with van der Waals surface area (Å²) >= 11 is 3.52. The lowest BCUT2D eigenvalue weighted by Gasteiger charge is -2.34. The van der Waals surface area contributed by atoms with Crippen LogP contribution in [0.25, 0.3) is 0 Å². The molecule has 0 spiro atoms. The summed E-state index contributed by atoms with van der Waals surface area (Å²) in [7, 11) is 0. The summed E-state index contributed by atoms with van der Waals surface area (Å²) in [6.45, 7) is 2.66. The van der Waals surface area contributed by atoms with Gasteiger partial charge in [-0.15, -0.1) is 22.7 Å². The number of para-hydroxylation sites is 1. The molecule has 27 heavy (non-hydrogen) atoms. The molecule has 138 valence electrons. The minimum Gasteiger partial charge on any atom is -0.324 e. The van der Waals surface area contributed by atoms with Gasteiger partial charge < -0.3 is 5.32 Å². The first-order valence-electron chi connectivity index (χ1n) is 8.87. The number of Topliss-reactive ketones (excluding diaryl/α,β-unsaturated/α-hetero) is 1. The summed E-state index contributed by atoms with van der Waals surface area (Å²) in [5.41, 5.74) is 2.43. The highest BCUT2D eigenvalue weighted by atomic mass is 32.1. The fourth-order valence-electron chi connectivity index (χ4n) is 3.59. The molecule has 1 atom stereocenters. The Labute approximate surface area is 166 Å². The van der Waals surface area contributed by atoms with E-state index in [1.54, 1.807) is 34.8 Å². The van der Waals surface area contributed by atoms with E-state index in [0.29, 0.717) is 17.8 Å². The third kappa shape index (κ3) is 3.74. The molecule has 1 aromatic carbocycles. The van der Waals surface area contributed by atoms with Crippen molar-refractivity contribution in [3.8, 4) is 0 Å². The lowest BCUT2D eigenvalue weighted by Crippen LogP contribution is -2.40. The smallest absolute Gasteiger partial charge is 0.238 e. The molecule has 0 fully saturated rings. The maximum Gasteiger partial charge on any atom is 0.238 e. The van der Waals surface area contributed by atoms with Crippen molar-refractivity contribution < 1.29 is 9.59 Å². The molecule has 1 aliphatic heterocycles. The number of hydrogen-bond acceptors (Lipinski definition) is 5. The van der Waals surface area contributed by atoms with Crippen LogP contribution in [-0.2, 0) is 11.2 Å². The average Bonchev–Trinajstić information content (AvgIpc) is 3.33. The Bertz CT molecular complexity index is 962. The standard InChI is InChI=1S/C21H20N2O2S2/c1-14(24)15-5-2-3-6-17(15)22-20(25)13-23-10-8-18-16(9-12-27-18)21(23)19-7-4-11-26-19/h2-7,9,11-12,21H,8,10,13H2,1H3,(H,22,25)/t21-/m0/s1. The number of hydrogen-bond donors (Lipinski definition) is 1. The molecule has 1 aliphatic rings. The highest BCUT2D eigenvalue weighted by Crippen LogP contribution is 2.39. The van der Waals surface area contributed by atoms with Gasteiger partial charge in [0.15, 0.2) is 5.78 Å². The van der Waals surface area contributed by atoms with Gasteiger partial charge in [-0.1, -0.05) is 18.2 Å². The molecule has 3 aromatic rings. The Morgan fingerprint density at radius 1 is 1.11 bits per heavy atom. The van der Waals surface area contributed by atoms with Crippen LogP contribution in [0.3, 0.4) is 0 Å². The van der Waals surface area contributed by atoms with Crippen LogP contribution in [0.4, 0.5) is 5.69 Å². The van der Waals surface area contributed by atoms with Crippen molar-refractivity contribution in [3.63, 3.8) is 0 Å². The van der Waals surface area contributed by atoms with Crippen molar-refractivity contribution in [1.29, 1.82) is 0 Å². The second-order valence-corrected chi connectivity index (χ2v) is 8.57. The zero-order chi connectivity index (χ0) is 18.8. The van der Waals surface area contributed by atoms with Crippen molar-refractivity contribution in [2.75, 3.05) is 18.4 Å². The van der Waals surface area contributed by atoms with Crippen molar-refractivity contribution in [3.05, 3.63) is 74.1 Å². The maximum atomic E-state index is 12.8. The van der Waals surface area contributed by atoms with E-state index < -0.39 is 0 Å². The quantitative estimate of drug-likeness (QED) is 0.641. The molecule has 2 aromatic heterocycles. The molecule has 1 N–H and O–H groups in total. The minimum atomic E-state index is -0.0936. The zero-order valence-electron chi connectivity index (χ0n) is 15.0. The first-order chi connectivity index (χ1) is 13.1. The normalized spacial score (nSPS) is 16.7. The fourth-order valence-corrected chi connectivity index (χ4v) is 5.37. The number of benzene rings is 1. The summed E-state index contributed by atoms with van der Waals surface area (Å²) in [6.07, 6.45) is 0.964. The van der Waals surface area contributed by atoms with Gasteiger partial charge in [-0.25, -0.2) is 0 Å². The van der Waals surface area contributed by atoms with Gasteiger partial charge in [0, 0.05) is 21.9 Å². The number of anilines is 1. The van der Waals surface area contributed by atoms with E-state index in [0.717, 1.165) is 13.0 Å². The SMILES string of the molecule is CC(=O)c1ccccc1NC(=O)CN1CCc2sccc2[C@H]1c1cccs1. The lowest BCUT2D eigenvalue weighted by atomic mass is 9.98. The van der Waals surface area contributed by atoms with Crippen molar-refractivity contribution in [2.45, 2.75) is 19.4 Å². The predicted molar refractivity (Wildman–Crippen MR) is 111 cm³/mol. The zero-order valence-corrected chi connectivity index (χ0v) is 16.6. The summed E-state index contributed by atoms with van der Waals surface area (Å²) in [4.78, 5) is 29.5. The van der Waals surface area contributed by atoms with Crippen molar-refractivity contribution in [1.82, 2.24) is 4.90 Å². The molecule has 0 saturated heterocycles. The first kappa shape index (κ1) is 18.1. The van der Waals surface area contributed by atoms with Gasteiger partial charge >= 0.3 is 0 Å². The number of nitrogens with zero attached hydrogens (tertiary/aromatic N) is 1. The van der Waals surface area contributed by atoms with E-state index in [4.69, 9.17) is 0 Å². The number of nitrogens with one attached hydrogen (secondary N) is 1. The number of carbonyl (C=O) groups is 2. The Balaban J connectivity index is 1.55. The molecule has 4 nitrogen and oxygen atoms in total. The summed E-state index contributed by atoms with van der Waals surface area (Å²) in [5, 5.41) is 7.14. The van der Waals surface area contributed by atoms with E-state index in [-0.39, 0.29) is 17.7 Å². The van der Waals surface area contributed by atoms with Gasteiger partial charge in [0.1, 0.15) is 0 Å². The van der Waals surface area contributed by atoms with E-state index in [9.17, 15) is 9.59 Å². The van der Waals surface area contributed by atoms with Crippen LogP contribution in [0.2, 0.25) is 0 Å². The number of fused-ring (bicyclic) bond motifs is 1.